The van der Waals surface area contributed by atoms with Crippen LogP contribution in [0.1, 0.15) is 71.2 Å². The van der Waals surface area contributed by atoms with Crippen LogP contribution in [0.15, 0.2) is 79.0 Å². The van der Waals surface area contributed by atoms with Gasteiger partial charge in [-0.15, -0.1) is 0 Å². The molecule has 13 heteroatoms. The van der Waals surface area contributed by atoms with E-state index in [1.165, 1.54) is 18.3 Å². The van der Waals surface area contributed by atoms with Crippen LogP contribution in [0.2, 0.25) is 0 Å². The van der Waals surface area contributed by atoms with Gasteiger partial charge in [0, 0.05) is 35.9 Å². The SMILES string of the molecule is CC(O)Cc1ccc(C(Nc2ccc3c(N(C(=O)OC(C)(C)C)C(=O)OC(C)(C)C)nccc3c2)C(=O)NCc2cccc([N+](=O)[O-])c2)cc1. The predicted molar refractivity (Wildman–Crippen MR) is 190 cm³/mol. The summed E-state index contributed by atoms with van der Waals surface area (Å²) in [5, 5.41) is 28.3. The van der Waals surface area contributed by atoms with E-state index in [0.29, 0.717) is 34.0 Å². The standard InChI is InChI=1S/C37H43N5O8/c1-23(43)19-24-11-13-26(14-12-24)31(33(44)39-22-25-9-8-10-29(20-25)42(47)48)40-28-15-16-30-27(21-28)17-18-38-32(30)41(34(45)49-36(2,3)4)35(46)50-37(5,6)7/h8-18,20-21,23,31,40,43H,19,22H2,1-7H3,(H,39,44). The van der Waals surface area contributed by atoms with E-state index < -0.39 is 46.4 Å². The fourth-order valence-corrected chi connectivity index (χ4v) is 5.02. The van der Waals surface area contributed by atoms with Gasteiger partial charge in [-0.2, -0.15) is 4.90 Å². The fourth-order valence-electron chi connectivity index (χ4n) is 5.02. The van der Waals surface area contributed by atoms with Gasteiger partial charge in [0.2, 0.25) is 5.91 Å². The Hall–Kier alpha value is -5.56. The van der Waals surface area contributed by atoms with E-state index in [2.05, 4.69) is 15.6 Å². The third-order valence-electron chi connectivity index (χ3n) is 7.11. The lowest BCUT2D eigenvalue weighted by Gasteiger charge is -2.28. The summed E-state index contributed by atoms with van der Waals surface area (Å²) >= 11 is 0. The average molecular weight is 686 g/mol. The van der Waals surface area contributed by atoms with Crippen molar-refractivity contribution in [1.82, 2.24) is 10.3 Å². The highest BCUT2D eigenvalue weighted by atomic mass is 16.6. The largest absolute Gasteiger partial charge is 0.443 e. The zero-order valence-electron chi connectivity index (χ0n) is 29.2. The van der Waals surface area contributed by atoms with Crippen molar-refractivity contribution in [3.8, 4) is 0 Å². The second kappa shape index (κ2) is 15.3. The number of nitrogens with one attached hydrogen (secondary N) is 2. The van der Waals surface area contributed by atoms with Gasteiger partial charge in [0.25, 0.3) is 5.69 Å². The highest BCUT2D eigenvalue weighted by Crippen LogP contribution is 2.31. The van der Waals surface area contributed by atoms with E-state index in [4.69, 9.17) is 9.47 Å². The number of pyridine rings is 1. The molecule has 2 atom stereocenters. The van der Waals surface area contributed by atoms with Gasteiger partial charge >= 0.3 is 12.2 Å². The van der Waals surface area contributed by atoms with Crippen LogP contribution in [0.4, 0.5) is 26.8 Å². The van der Waals surface area contributed by atoms with Crippen molar-refractivity contribution < 1.29 is 33.9 Å². The Bertz CT molecular complexity index is 1830. The topological polar surface area (TPSA) is 173 Å². The first-order chi connectivity index (χ1) is 23.4. The third-order valence-corrected chi connectivity index (χ3v) is 7.11. The number of non-ortho nitro benzene ring substituents is 1. The Morgan fingerprint density at radius 1 is 0.900 bits per heavy atom. The molecule has 0 spiro atoms. The number of imide groups is 1. The van der Waals surface area contributed by atoms with Crippen molar-refractivity contribution in [3.05, 3.63) is 106 Å². The van der Waals surface area contributed by atoms with Crippen LogP contribution in [0.3, 0.4) is 0 Å². The summed E-state index contributed by atoms with van der Waals surface area (Å²) in [6.45, 7) is 11.9. The number of carbonyl (C=O) groups excluding carboxylic acids is 3. The molecule has 0 aliphatic rings. The lowest BCUT2D eigenvalue weighted by molar-refractivity contribution is -0.384. The molecular formula is C37H43N5O8. The minimum atomic E-state index is -0.950. The number of nitro benzene ring substituents is 1. The lowest BCUT2D eigenvalue weighted by atomic mass is 10.0. The molecule has 50 heavy (non-hydrogen) atoms. The number of nitrogens with zero attached hydrogens (tertiary/aromatic N) is 3. The Labute approximate surface area is 290 Å². The van der Waals surface area contributed by atoms with Crippen LogP contribution in [0, 0.1) is 10.1 Å². The summed E-state index contributed by atoms with van der Waals surface area (Å²) in [4.78, 5) is 56.3. The average Bonchev–Trinajstić information content (AvgIpc) is 3.01. The highest BCUT2D eigenvalue weighted by molar-refractivity contribution is 6.14. The molecule has 3 aromatic carbocycles. The van der Waals surface area contributed by atoms with E-state index in [-0.39, 0.29) is 18.1 Å². The van der Waals surface area contributed by atoms with Gasteiger partial charge in [0.05, 0.1) is 11.0 Å². The number of benzene rings is 3. The minimum absolute atomic E-state index is 0.0116. The molecule has 0 bridgehead atoms. The van der Waals surface area contributed by atoms with Crippen molar-refractivity contribution >= 4 is 46.1 Å². The quantitative estimate of drug-likeness (QED) is 0.114. The smallest absolute Gasteiger partial charge is 0.425 e. The molecule has 0 saturated heterocycles. The van der Waals surface area contributed by atoms with Crippen molar-refractivity contribution in [3.63, 3.8) is 0 Å². The number of anilines is 2. The van der Waals surface area contributed by atoms with E-state index in [1.54, 1.807) is 97.0 Å². The summed E-state index contributed by atoms with van der Waals surface area (Å²) in [7, 11) is 0. The first-order valence-corrected chi connectivity index (χ1v) is 16.1. The van der Waals surface area contributed by atoms with Crippen molar-refractivity contribution in [2.75, 3.05) is 10.2 Å². The predicted octanol–water partition coefficient (Wildman–Crippen LogP) is 7.21. The lowest BCUT2D eigenvalue weighted by Crippen LogP contribution is -2.44. The minimum Gasteiger partial charge on any atom is -0.443 e. The molecule has 1 heterocycles. The van der Waals surface area contributed by atoms with Crippen LogP contribution in [-0.4, -0.2) is 50.4 Å². The Morgan fingerprint density at radius 3 is 2.12 bits per heavy atom. The number of aliphatic hydroxyl groups is 1. The molecule has 4 rings (SSSR count). The number of carbonyl (C=O) groups is 3. The molecule has 0 aliphatic heterocycles. The molecule has 3 amide bonds. The van der Waals surface area contributed by atoms with Gasteiger partial charge in [-0.3, -0.25) is 14.9 Å². The van der Waals surface area contributed by atoms with Crippen molar-refractivity contribution in [1.29, 1.82) is 0 Å². The van der Waals surface area contributed by atoms with Crippen LogP contribution >= 0.6 is 0 Å². The Morgan fingerprint density at radius 2 is 1.54 bits per heavy atom. The number of rotatable bonds is 10. The van der Waals surface area contributed by atoms with Gasteiger partial charge in [-0.1, -0.05) is 36.4 Å². The van der Waals surface area contributed by atoms with E-state index in [0.717, 1.165) is 10.5 Å². The highest BCUT2D eigenvalue weighted by Gasteiger charge is 2.34. The number of nitro groups is 1. The molecule has 0 radical (unpaired) electrons. The van der Waals surface area contributed by atoms with Gasteiger partial charge < -0.3 is 25.2 Å². The maximum Gasteiger partial charge on any atom is 0.425 e. The summed E-state index contributed by atoms with van der Waals surface area (Å²) in [6.07, 6.45) is -0.538. The molecule has 0 fully saturated rings. The summed E-state index contributed by atoms with van der Waals surface area (Å²) in [5.74, 6) is -0.381. The molecule has 4 aromatic rings. The second-order valence-corrected chi connectivity index (χ2v) is 13.9. The van der Waals surface area contributed by atoms with E-state index >= 15 is 0 Å². The maximum atomic E-state index is 13.7. The molecule has 1 aromatic heterocycles. The molecular weight excluding hydrogens is 642 g/mol. The first-order valence-electron chi connectivity index (χ1n) is 16.1. The van der Waals surface area contributed by atoms with E-state index in [9.17, 15) is 29.6 Å². The Kier molecular flexibility index (Phi) is 11.4. The van der Waals surface area contributed by atoms with Crippen molar-refractivity contribution in [2.45, 2.75) is 84.8 Å². The van der Waals surface area contributed by atoms with Crippen LogP contribution in [0.5, 0.6) is 0 Å². The number of aromatic nitrogens is 1. The number of ether oxygens (including phenoxy) is 2. The summed E-state index contributed by atoms with van der Waals surface area (Å²) in [6, 6.07) is 19.2. The summed E-state index contributed by atoms with van der Waals surface area (Å²) < 4.78 is 11.1. The normalized spacial score (nSPS) is 12.8. The zero-order valence-corrected chi connectivity index (χ0v) is 29.2. The van der Waals surface area contributed by atoms with Crippen LogP contribution in [0.25, 0.3) is 10.8 Å². The summed E-state index contributed by atoms with van der Waals surface area (Å²) in [5.41, 5.74) is 0.735. The number of fused-ring (bicyclic) bond motifs is 1. The molecule has 2 unspecified atom stereocenters. The second-order valence-electron chi connectivity index (χ2n) is 13.9. The molecule has 264 valence electrons. The fraction of sp³-hybridized carbons (Fsp3) is 0.351. The van der Waals surface area contributed by atoms with Gasteiger partial charge in [-0.05, 0) is 101 Å². The first kappa shape index (κ1) is 37.3. The molecule has 3 N–H and O–H groups in total. The number of hydrogen-bond donors (Lipinski definition) is 3. The molecule has 0 saturated carbocycles. The van der Waals surface area contributed by atoms with E-state index in [1.807, 2.05) is 12.1 Å². The number of hydrogen-bond acceptors (Lipinski definition) is 10. The molecule has 0 aliphatic carbocycles. The Balaban J connectivity index is 1.69. The third kappa shape index (κ3) is 10.2. The van der Waals surface area contributed by atoms with Gasteiger partial charge in [0.15, 0.2) is 5.82 Å². The number of aliphatic hydroxyl groups excluding tert-OH is 1. The molecule has 13 nitrogen and oxygen atoms in total. The monoisotopic (exact) mass is 685 g/mol. The van der Waals surface area contributed by atoms with Gasteiger partial charge in [0.1, 0.15) is 17.2 Å². The van der Waals surface area contributed by atoms with Gasteiger partial charge in [-0.25, -0.2) is 14.6 Å². The van der Waals surface area contributed by atoms with Crippen LogP contribution in [-0.2, 0) is 27.2 Å². The van der Waals surface area contributed by atoms with Crippen molar-refractivity contribution in [2.24, 2.45) is 0 Å². The zero-order chi connectivity index (χ0) is 36.8. The number of amides is 3. The maximum absolute atomic E-state index is 13.7. The van der Waals surface area contributed by atoms with Crippen LogP contribution < -0.4 is 15.5 Å².